The molecule has 0 aromatic carbocycles. The van der Waals surface area contributed by atoms with E-state index in [9.17, 15) is 5.11 Å². The minimum atomic E-state index is -0.117. The third kappa shape index (κ3) is 2.53. The first-order valence-electron chi connectivity index (χ1n) is 10.3. The number of aliphatic hydroxyl groups excluding tert-OH is 1. The largest absolute Gasteiger partial charge is 0.399 e. The first kappa shape index (κ1) is 18.3. The molecule has 4 fully saturated rings. The maximum absolute atomic E-state index is 10.2. The van der Waals surface area contributed by atoms with Crippen LogP contribution < -0.4 is 0 Å². The standard InChI is InChI=1S/C21H34N2O3/c1-20-10-9-14(24)11-13(20)5-6-15-16-7-8-18(23-26-4)21(16,2)12-17(19(15)20)22-25-3/h13-16,19,24H,5-12H2,1-4H3/t13-,14-,15?,16?,19?,20+,21+/m1/s1. The highest BCUT2D eigenvalue weighted by Gasteiger charge is 2.62. The van der Waals surface area contributed by atoms with Crippen LogP contribution in [0.25, 0.3) is 0 Å². The molecular weight excluding hydrogens is 328 g/mol. The van der Waals surface area contributed by atoms with Gasteiger partial charge < -0.3 is 14.8 Å². The lowest BCUT2D eigenvalue weighted by atomic mass is 9.44. The molecule has 0 spiro atoms. The maximum atomic E-state index is 10.2. The van der Waals surface area contributed by atoms with Gasteiger partial charge in [0.1, 0.15) is 14.2 Å². The lowest BCUT2D eigenvalue weighted by Gasteiger charge is -2.60. The van der Waals surface area contributed by atoms with Crippen molar-refractivity contribution in [3.63, 3.8) is 0 Å². The molecule has 3 unspecified atom stereocenters. The Labute approximate surface area is 157 Å². The van der Waals surface area contributed by atoms with Crippen LogP contribution in [0, 0.1) is 34.5 Å². The monoisotopic (exact) mass is 362 g/mol. The number of hydrogen-bond acceptors (Lipinski definition) is 5. The van der Waals surface area contributed by atoms with Crippen LogP contribution in [0.4, 0.5) is 0 Å². The number of hydrogen-bond donors (Lipinski definition) is 1. The molecule has 0 aliphatic heterocycles. The van der Waals surface area contributed by atoms with E-state index in [0.29, 0.717) is 23.7 Å². The van der Waals surface area contributed by atoms with Crippen molar-refractivity contribution in [1.29, 1.82) is 0 Å². The molecular formula is C21H34N2O3. The summed E-state index contributed by atoms with van der Waals surface area (Å²) in [5.74, 6) is 2.38. The molecule has 5 nitrogen and oxygen atoms in total. The number of oxime groups is 2. The van der Waals surface area contributed by atoms with Gasteiger partial charge in [0.05, 0.1) is 17.5 Å². The predicted molar refractivity (Wildman–Crippen MR) is 102 cm³/mol. The van der Waals surface area contributed by atoms with Crippen LogP contribution in [-0.2, 0) is 9.68 Å². The Morgan fingerprint density at radius 2 is 1.81 bits per heavy atom. The molecule has 4 rings (SSSR count). The van der Waals surface area contributed by atoms with Crippen LogP contribution in [0.1, 0.15) is 65.2 Å². The van der Waals surface area contributed by atoms with Gasteiger partial charge in [-0.1, -0.05) is 24.2 Å². The molecule has 4 aliphatic rings. The van der Waals surface area contributed by atoms with Gasteiger partial charge in [-0.05, 0) is 68.1 Å². The van der Waals surface area contributed by atoms with E-state index in [1.807, 2.05) is 0 Å². The molecule has 146 valence electrons. The minimum Gasteiger partial charge on any atom is -0.399 e. The summed E-state index contributed by atoms with van der Waals surface area (Å²) in [4.78, 5) is 10.5. The minimum absolute atomic E-state index is 0.0475. The lowest BCUT2D eigenvalue weighted by Crippen LogP contribution is -2.57. The summed E-state index contributed by atoms with van der Waals surface area (Å²) in [5.41, 5.74) is 2.72. The Morgan fingerprint density at radius 1 is 1.04 bits per heavy atom. The smallest absolute Gasteiger partial charge is 0.106 e. The van der Waals surface area contributed by atoms with E-state index >= 15 is 0 Å². The summed E-state index contributed by atoms with van der Waals surface area (Å²) in [7, 11) is 3.32. The van der Waals surface area contributed by atoms with Gasteiger partial charge in [0, 0.05) is 17.8 Å². The second-order valence-corrected chi connectivity index (χ2v) is 9.57. The van der Waals surface area contributed by atoms with E-state index in [4.69, 9.17) is 9.68 Å². The number of aliphatic hydroxyl groups is 1. The summed E-state index contributed by atoms with van der Waals surface area (Å²) in [6.45, 7) is 4.83. The van der Waals surface area contributed by atoms with Gasteiger partial charge in [-0.3, -0.25) is 0 Å². The van der Waals surface area contributed by atoms with Crippen molar-refractivity contribution in [2.75, 3.05) is 14.2 Å². The molecule has 0 bridgehead atoms. The zero-order chi connectivity index (χ0) is 18.5. The third-order valence-corrected chi connectivity index (χ3v) is 8.50. The molecule has 0 radical (unpaired) electrons. The van der Waals surface area contributed by atoms with Gasteiger partial charge in [0.2, 0.25) is 0 Å². The third-order valence-electron chi connectivity index (χ3n) is 8.50. The fourth-order valence-electron chi connectivity index (χ4n) is 7.35. The van der Waals surface area contributed by atoms with E-state index < -0.39 is 0 Å². The van der Waals surface area contributed by atoms with Gasteiger partial charge in [-0.2, -0.15) is 0 Å². The molecule has 26 heavy (non-hydrogen) atoms. The van der Waals surface area contributed by atoms with Crippen molar-refractivity contribution in [3.05, 3.63) is 0 Å². The SMILES string of the molecule is CON=C1C[C@]2(C)C(=NOC)CCC2C2CC[C@@H]3C[C@H](O)CC[C@]3(C)C12. The molecule has 0 heterocycles. The zero-order valence-corrected chi connectivity index (χ0v) is 16.7. The first-order chi connectivity index (χ1) is 12.4. The van der Waals surface area contributed by atoms with Crippen LogP contribution in [0.3, 0.4) is 0 Å². The Hall–Kier alpha value is -1.10. The molecule has 0 amide bonds. The molecule has 7 atom stereocenters. The Morgan fingerprint density at radius 3 is 2.54 bits per heavy atom. The Bertz CT molecular complexity index is 618. The van der Waals surface area contributed by atoms with E-state index in [1.165, 1.54) is 30.7 Å². The molecule has 1 N–H and O–H groups in total. The zero-order valence-electron chi connectivity index (χ0n) is 16.7. The Kier molecular flexibility index (Phi) is 4.57. The van der Waals surface area contributed by atoms with Crippen LogP contribution in [-0.4, -0.2) is 36.9 Å². The fourth-order valence-corrected chi connectivity index (χ4v) is 7.35. The predicted octanol–water partition coefficient (Wildman–Crippen LogP) is 4.00. The van der Waals surface area contributed by atoms with Gasteiger partial charge >= 0.3 is 0 Å². The second-order valence-electron chi connectivity index (χ2n) is 9.57. The van der Waals surface area contributed by atoms with E-state index in [2.05, 4.69) is 24.2 Å². The number of fused-ring (bicyclic) bond motifs is 5. The van der Waals surface area contributed by atoms with Crippen molar-refractivity contribution in [2.24, 2.45) is 44.8 Å². The highest BCUT2D eigenvalue weighted by Crippen LogP contribution is 2.64. The average Bonchev–Trinajstić information content (AvgIpc) is 2.92. The number of rotatable bonds is 2. The van der Waals surface area contributed by atoms with Crippen molar-refractivity contribution in [2.45, 2.75) is 71.3 Å². The van der Waals surface area contributed by atoms with Crippen LogP contribution >= 0.6 is 0 Å². The maximum Gasteiger partial charge on any atom is 0.106 e. The number of nitrogens with zero attached hydrogens (tertiary/aromatic N) is 2. The highest BCUT2D eigenvalue weighted by molar-refractivity contribution is 6.00. The van der Waals surface area contributed by atoms with Crippen LogP contribution in [0.2, 0.25) is 0 Å². The van der Waals surface area contributed by atoms with Crippen molar-refractivity contribution >= 4 is 11.4 Å². The quantitative estimate of drug-likeness (QED) is 0.755. The van der Waals surface area contributed by atoms with Crippen LogP contribution in [0.5, 0.6) is 0 Å². The van der Waals surface area contributed by atoms with Gasteiger partial charge in [0.15, 0.2) is 0 Å². The normalized spacial score (nSPS) is 50.9. The topological polar surface area (TPSA) is 63.4 Å². The van der Waals surface area contributed by atoms with E-state index in [-0.39, 0.29) is 16.9 Å². The van der Waals surface area contributed by atoms with Gasteiger partial charge in [0.25, 0.3) is 0 Å². The second kappa shape index (κ2) is 6.50. The fraction of sp³-hybridized carbons (Fsp3) is 0.905. The molecule has 0 aromatic heterocycles. The average molecular weight is 363 g/mol. The Balaban J connectivity index is 1.74. The van der Waals surface area contributed by atoms with Crippen LogP contribution in [0.15, 0.2) is 10.3 Å². The summed E-state index contributed by atoms with van der Waals surface area (Å²) in [5, 5.41) is 19.2. The van der Waals surface area contributed by atoms with Gasteiger partial charge in [-0.25, -0.2) is 0 Å². The lowest BCUT2D eigenvalue weighted by molar-refractivity contribution is -0.0754. The van der Waals surface area contributed by atoms with Crippen molar-refractivity contribution in [1.82, 2.24) is 0 Å². The molecule has 0 aromatic rings. The van der Waals surface area contributed by atoms with E-state index in [1.54, 1.807) is 14.2 Å². The van der Waals surface area contributed by atoms with Crippen molar-refractivity contribution < 1.29 is 14.8 Å². The van der Waals surface area contributed by atoms with E-state index in [0.717, 1.165) is 32.1 Å². The molecule has 5 heteroatoms. The summed E-state index contributed by atoms with van der Waals surface area (Å²) in [6.07, 6.45) is 8.52. The molecule has 4 saturated carbocycles. The summed E-state index contributed by atoms with van der Waals surface area (Å²) >= 11 is 0. The first-order valence-corrected chi connectivity index (χ1v) is 10.3. The molecule has 0 saturated heterocycles. The summed E-state index contributed by atoms with van der Waals surface area (Å²) in [6, 6.07) is 0. The molecule has 4 aliphatic carbocycles. The van der Waals surface area contributed by atoms with Crippen molar-refractivity contribution in [3.8, 4) is 0 Å². The summed E-state index contributed by atoms with van der Waals surface area (Å²) < 4.78 is 0. The van der Waals surface area contributed by atoms with Gasteiger partial charge in [-0.15, -0.1) is 0 Å². The highest BCUT2D eigenvalue weighted by atomic mass is 16.6.